The van der Waals surface area contributed by atoms with Gasteiger partial charge in [-0.2, -0.15) is 13.2 Å². The molecule has 2 heterocycles. The van der Waals surface area contributed by atoms with Gasteiger partial charge in [-0.15, -0.1) is 11.3 Å². The molecular formula is C17H11ClF3N3S2. The van der Waals surface area contributed by atoms with E-state index in [2.05, 4.69) is 15.3 Å². The Morgan fingerprint density at radius 1 is 1.19 bits per heavy atom. The fourth-order valence-electron chi connectivity index (χ4n) is 2.21. The number of thiazole rings is 1. The molecule has 0 saturated heterocycles. The first-order valence-electron chi connectivity index (χ1n) is 7.35. The summed E-state index contributed by atoms with van der Waals surface area (Å²) in [4.78, 5) is 8.97. The molecule has 0 aliphatic carbocycles. The maximum Gasteiger partial charge on any atom is 0.417 e. The van der Waals surface area contributed by atoms with Crippen LogP contribution in [0.1, 0.15) is 11.1 Å². The monoisotopic (exact) mass is 413 g/mol. The van der Waals surface area contributed by atoms with Gasteiger partial charge in [-0.3, -0.25) is 4.98 Å². The Balaban J connectivity index is 1.69. The van der Waals surface area contributed by atoms with Crippen LogP contribution < -0.4 is 5.32 Å². The number of rotatable bonds is 4. The number of benzene rings is 1. The minimum atomic E-state index is -4.50. The summed E-state index contributed by atoms with van der Waals surface area (Å²) in [6.07, 6.45) is -2.69. The molecule has 3 aromatic rings. The Kier molecular flexibility index (Phi) is 5.55. The summed E-state index contributed by atoms with van der Waals surface area (Å²) in [6.45, 7) is 0. The van der Waals surface area contributed by atoms with Crippen LogP contribution in [-0.2, 0) is 12.6 Å². The van der Waals surface area contributed by atoms with Crippen molar-refractivity contribution in [2.45, 2.75) is 12.6 Å². The first kappa shape index (κ1) is 18.8. The molecule has 0 aliphatic heterocycles. The molecule has 3 nitrogen and oxygen atoms in total. The van der Waals surface area contributed by atoms with Crippen LogP contribution in [0.5, 0.6) is 0 Å². The summed E-state index contributed by atoms with van der Waals surface area (Å²) in [5, 5.41) is 5.00. The first-order valence-corrected chi connectivity index (χ1v) is 9.02. The first-order chi connectivity index (χ1) is 12.3. The van der Waals surface area contributed by atoms with E-state index in [4.69, 9.17) is 23.8 Å². The van der Waals surface area contributed by atoms with Gasteiger partial charge in [0.15, 0.2) is 5.13 Å². The molecule has 0 aliphatic rings. The SMILES string of the molecule is FC(F)(F)c1cc(CC(=S)Nc2nc(-c3ccccn3)cs2)ccc1Cl. The van der Waals surface area contributed by atoms with Gasteiger partial charge in [-0.1, -0.05) is 36.0 Å². The van der Waals surface area contributed by atoms with E-state index in [9.17, 15) is 13.2 Å². The number of nitrogens with zero attached hydrogens (tertiary/aromatic N) is 2. The van der Waals surface area contributed by atoms with Gasteiger partial charge in [0.25, 0.3) is 0 Å². The van der Waals surface area contributed by atoms with Crippen molar-refractivity contribution in [2.24, 2.45) is 0 Å². The van der Waals surface area contributed by atoms with Crippen LogP contribution in [0.3, 0.4) is 0 Å². The highest BCUT2D eigenvalue weighted by molar-refractivity contribution is 7.80. The average molecular weight is 414 g/mol. The summed E-state index contributed by atoms with van der Waals surface area (Å²) >= 11 is 12.2. The number of alkyl halides is 3. The molecule has 0 bridgehead atoms. The Hall–Kier alpha value is -2.03. The van der Waals surface area contributed by atoms with Gasteiger partial charge in [0, 0.05) is 18.0 Å². The predicted octanol–water partition coefficient (Wildman–Crippen LogP) is 5.86. The van der Waals surface area contributed by atoms with Crippen LogP contribution >= 0.6 is 35.2 Å². The van der Waals surface area contributed by atoms with Gasteiger partial charge < -0.3 is 5.32 Å². The van der Waals surface area contributed by atoms with Crippen LogP contribution in [0.2, 0.25) is 5.02 Å². The summed E-state index contributed by atoms with van der Waals surface area (Å²) in [5.74, 6) is 0. The maximum atomic E-state index is 12.9. The molecule has 0 atom stereocenters. The van der Waals surface area contributed by atoms with Gasteiger partial charge in [-0.05, 0) is 29.8 Å². The standard InChI is InChI=1S/C17H11ClF3N3S2/c18-12-5-4-10(7-11(12)17(19,20)21)8-15(25)24-16-23-14(9-26-16)13-3-1-2-6-22-13/h1-7,9H,8H2,(H,23,24,25). The number of anilines is 1. The molecule has 0 saturated carbocycles. The molecule has 0 spiro atoms. The van der Waals surface area contributed by atoms with Crippen molar-refractivity contribution < 1.29 is 13.2 Å². The summed E-state index contributed by atoms with van der Waals surface area (Å²) < 4.78 is 38.8. The van der Waals surface area contributed by atoms with Crippen molar-refractivity contribution in [3.8, 4) is 11.4 Å². The molecular weight excluding hydrogens is 403 g/mol. The smallest absolute Gasteiger partial charge is 0.326 e. The van der Waals surface area contributed by atoms with E-state index < -0.39 is 11.7 Å². The minimum Gasteiger partial charge on any atom is -0.326 e. The third-order valence-corrected chi connectivity index (χ3v) is 4.71. The number of aromatic nitrogens is 2. The number of pyridine rings is 1. The molecule has 0 amide bonds. The highest BCUT2D eigenvalue weighted by Crippen LogP contribution is 2.35. The third-order valence-electron chi connectivity index (χ3n) is 3.38. The quantitative estimate of drug-likeness (QED) is 0.544. The molecule has 0 radical (unpaired) electrons. The normalized spacial score (nSPS) is 11.4. The molecule has 134 valence electrons. The van der Waals surface area contributed by atoms with Gasteiger partial charge in [-0.25, -0.2) is 4.98 Å². The van der Waals surface area contributed by atoms with Crippen molar-refractivity contribution in [1.82, 2.24) is 9.97 Å². The van der Waals surface area contributed by atoms with Gasteiger partial charge >= 0.3 is 6.18 Å². The lowest BCUT2D eigenvalue weighted by Gasteiger charge is -2.11. The summed E-state index contributed by atoms with van der Waals surface area (Å²) in [5.41, 5.74) is 0.980. The lowest BCUT2D eigenvalue weighted by molar-refractivity contribution is -0.137. The second-order valence-corrected chi connectivity index (χ2v) is 7.05. The Bertz CT molecular complexity index is 927. The molecule has 26 heavy (non-hydrogen) atoms. The van der Waals surface area contributed by atoms with Crippen LogP contribution in [0.4, 0.5) is 18.3 Å². The molecule has 9 heteroatoms. The summed E-state index contributed by atoms with van der Waals surface area (Å²) in [6, 6.07) is 9.27. The molecule has 1 aromatic carbocycles. The van der Waals surface area contributed by atoms with E-state index in [-0.39, 0.29) is 11.4 Å². The summed E-state index contributed by atoms with van der Waals surface area (Å²) in [7, 11) is 0. The van der Waals surface area contributed by atoms with Crippen LogP contribution in [-0.4, -0.2) is 15.0 Å². The third kappa shape index (κ3) is 4.57. The highest BCUT2D eigenvalue weighted by Gasteiger charge is 2.33. The molecule has 3 rings (SSSR count). The van der Waals surface area contributed by atoms with Crippen molar-refractivity contribution in [2.75, 3.05) is 5.32 Å². The maximum absolute atomic E-state index is 12.9. The largest absolute Gasteiger partial charge is 0.417 e. The minimum absolute atomic E-state index is 0.147. The second kappa shape index (κ2) is 7.69. The predicted molar refractivity (Wildman–Crippen MR) is 102 cm³/mol. The van der Waals surface area contributed by atoms with E-state index in [1.807, 2.05) is 23.6 Å². The molecule has 0 fully saturated rings. The zero-order valence-electron chi connectivity index (χ0n) is 13.0. The topological polar surface area (TPSA) is 37.8 Å². The van der Waals surface area contributed by atoms with E-state index in [1.165, 1.54) is 23.5 Å². The van der Waals surface area contributed by atoms with E-state index in [0.717, 1.165) is 11.8 Å². The van der Waals surface area contributed by atoms with Gasteiger partial charge in [0.2, 0.25) is 0 Å². The fourth-order valence-corrected chi connectivity index (χ4v) is 3.49. The Morgan fingerprint density at radius 3 is 2.69 bits per heavy atom. The average Bonchev–Trinajstić information content (AvgIpc) is 3.05. The Labute approximate surface area is 161 Å². The molecule has 1 N–H and O–H groups in total. The van der Waals surface area contributed by atoms with E-state index in [0.29, 0.717) is 21.4 Å². The van der Waals surface area contributed by atoms with Crippen LogP contribution in [0.15, 0.2) is 48.0 Å². The van der Waals surface area contributed by atoms with Gasteiger partial charge in [0.05, 0.1) is 21.3 Å². The highest BCUT2D eigenvalue weighted by atomic mass is 35.5. The van der Waals surface area contributed by atoms with E-state index in [1.54, 1.807) is 6.20 Å². The van der Waals surface area contributed by atoms with Crippen LogP contribution in [0.25, 0.3) is 11.4 Å². The second-order valence-electron chi connectivity index (χ2n) is 5.29. The number of hydrogen-bond donors (Lipinski definition) is 1. The Morgan fingerprint density at radius 2 is 2.00 bits per heavy atom. The van der Waals surface area contributed by atoms with Gasteiger partial charge in [0.1, 0.15) is 5.69 Å². The lowest BCUT2D eigenvalue weighted by atomic mass is 10.1. The molecule has 2 aromatic heterocycles. The number of hydrogen-bond acceptors (Lipinski definition) is 4. The van der Waals surface area contributed by atoms with Crippen molar-refractivity contribution in [3.05, 3.63) is 64.1 Å². The lowest BCUT2D eigenvalue weighted by Crippen LogP contribution is -2.13. The zero-order chi connectivity index (χ0) is 18.7. The van der Waals surface area contributed by atoms with E-state index >= 15 is 0 Å². The molecule has 0 unspecified atom stereocenters. The number of thiocarbonyl (C=S) groups is 1. The fraction of sp³-hybridized carbons (Fsp3) is 0.118. The number of nitrogens with one attached hydrogen (secondary N) is 1. The zero-order valence-corrected chi connectivity index (χ0v) is 15.4. The van der Waals surface area contributed by atoms with Crippen molar-refractivity contribution in [1.29, 1.82) is 0 Å². The van der Waals surface area contributed by atoms with Crippen molar-refractivity contribution >= 4 is 45.3 Å². The van der Waals surface area contributed by atoms with Crippen molar-refractivity contribution in [3.63, 3.8) is 0 Å². The number of halogens is 4. The van der Waals surface area contributed by atoms with Crippen LogP contribution in [0, 0.1) is 0 Å².